The Bertz CT molecular complexity index is 2220. The van der Waals surface area contributed by atoms with E-state index >= 15 is 0 Å². The van der Waals surface area contributed by atoms with Crippen molar-refractivity contribution in [1.29, 1.82) is 0 Å². The van der Waals surface area contributed by atoms with Gasteiger partial charge in [0, 0.05) is 35.6 Å². The Labute approximate surface area is 252 Å². The fraction of sp³-hybridized carbons (Fsp3) is 0.400. The van der Waals surface area contributed by atoms with Crippen LogP contribution < -0.4 is 0 Å². The van der Waals surface area contributed by atoms with E-state index in [4.69, 9.17) is 0 Å². The number of rotatable bonds is 1. The number of fused-ring (bicyclic) bond motifs is 6. The third kappa shape index (κ3) is 3.16. The topological polar surface area (TPSA) is 9.86 Å². The molecule has 0 aliphatic carbocycles. The van der Waals surface area contributed by atoms with Gasteiger partial charge in [0.15, 0.2) is 0 Å². The van der Waals surface area contributed by atoms with Crippen LogP contribution in [0.5, 0.6) is 0 Å². The Morgan fingerprint density at radius 1 is 0.238 bits per heavy atom. The minimum absolute atomic E-state index is 1.38. The number of hydrogen-bond donors (Lipinski definition) is 0. The van der Waals surface area contributed by atoms with E-state index in [9.17, 15) is 0 Å². The molecule has 2 heterocycles. The van der Waals surface area contributed by atoms with Crippen LogP contribution in [-0.2, 0) is 14.1 Å². The molecule has 0 fully saturated rings. The van der Waals surface area contributed by atoms with Gasteiger partial charge < -0.3 is 9.13 Å². The third-order valence-electron chi connectivity index (χ3n) is 12.0. The molecule has 0 atom stereocenters. The summed E-state index contributed by atoms with van der Waals surface area (Å²) in [6.45, 7) is 32.6. The highest BCUT2D eigenvalue weighted by Crippen LogP contribution is 2.50. The maximum atomic E-state index is 2.50. The van der Waals surface area contributed by atoms with Gasteiger partial charge in [-0.05, 0) is 186 Å². The minimum atomic E-state index is 1.38. The molecule has 2 aromatic heterocycles. The van der Waals surface area contributed by atoms with E-state index in [1.807, 2.05) is 0 Å². The molecule has 0 aliphatic rings. The summed E-state index contributed by atoms with van der Waals surface area (Å²) in [6, 6.07) is 0. The smallest absolute Gasteiger partial charge is 0.0527 e. The number of aromatic nitrogens is 2. The molecule has 2 heteroatoms. The molecule has 0 bridgehead atoms. The van der Waals surface area contributed by atoms with Crippen molar-refractivity contribution in [2.45, 2.75) is 96.9 Å². The lowest BCUT2D eigenvalue weighted by atomic mass is 9.82. The molecule has 4 aromatic carbocycles. The van der Waals surface area contributed by atoms with Crippen molar-refractivity contribution in [1.82, 2.24) is 9.13 Å². The average molecular weight is 557 g/mol. The summed E-state index contributed by atoms with van der Waals surface area (Å²) in [5.41, 5.74) is 28.1. The fourth-order valence-electron chi connectivity index (χ4n) is 8.61. The molecule has 0 aliphatic heterocycles. The molecule has 42 heavy (non-hydrogen) atoms. The van der Waals surface area contributed by atoms with E-state index in [2.05, 4.69) is 120 Å². The van der Waals surface area contributed by atoms with Crippen molar-refractivity contribution in [2.75, 3.05) is 0 Å². The SMILES string of the molecule is Cc1c(C)c(C)c2c(c1C)c1c(C)c(C)c(-c3c(C)c(C)c(C)c4c3c3c(C)c(C)c(C)c(C)c3n4C)c(C)c1n2C. The molecule has 0 saturated heterocycles. The zero-order chi connectivity index (χ0) is 31.0. The summed E-state index contributed by atoms with van der Waals surface area (Å²) in [4.78, 5) is 0. The molecule has 0 amide bonds. The first-order chi connectivity index (χ1) is 19.6. The molecular weight excluding hydrogens is 508 g/mol. The molecular formula is C40H48N2. The summed E-state index contributed by atoms with van der Waals surface area (Å²) in [6.07, 6.45) is 0. The fourth-order valence-corrected chi connectivity index (χ4v) is 8.61. The maximum absolute atomic E-state index is 2.50. The van der Waals surface area contributed by atoms with E-state index in [0.29, 0.717) is 0 Å². The van der Waals surface area contributed by atoms with Crippen LogP contribution in [0.15, 0.2) is 0 Å². The van der Waals surface area contributed by atoms with Crippen LogP contribution in [0.25, 0.3) is 54.7 Å². The quantitative estimate of drug-likeness (QED) is 0.191. The molecule has 218 valence electrons. The second kappa shape index (κ2) is 8.99. The predicted octanol–water partition coefficient (Wildman–Crippen LogP) is 11.0. The number of hydrogen-bond acceptors (Lipinski definition) is 0. The zero-order valence-electron chi connectivity index (χ0n) is 28.9. The van der Waals surface area contributed by atoms with Crippen molar-refractivity contribution < 1.29 is 0 Å². The average Bonchev–Trinajstić information content (AvgIpc) is 3.43. The summed E-state index contributed by atoms with van der Waals surface area (Å²) in [5.74, 6) is 0. The standard InChI is InChI=1S/C40H48N2/c1-17-19(3)27(11)37-33(23(17)7)34-26(10)25(9)31(30(14)40(34)42(37)16)32-22(6)21(5)29(13)39-36(32)35-24(8)18(2)20(4)28(12)38(35)41(39)15/h1-16H3. The number of nitrogens with zero attached hydrogens (tertiary/aromatic N) is 2. The summed E-state index contributed by atoms with van der Waals surface area (Å²) < 4.78 is 5.00. The van der Waals surface area contributed by atoms with Gasteiger partial charge in [-0.3, -0.25) is 0 Å². The van der Waals surface area contributed by atoms with Gasteiger partial charge in [-0.1, -0.05) is 0 Å². The lowest BCUT2D eigenvalue weighted by molar-refractivity contribution is 0.994. The van der Waals surface area contributed by atoms with E-state index in [1.165, 1.54) is 133 Å². The van der Waals surface area contributed by atoms with Crippen molar-refractivity contribution in [3.8, 4) is 11.1 Å². The van der Waals surface area contributed by atoms with E-state index in [-0.39, 0.29) is 0 Å². The summed E-state index contributed by atoms with van der Waals surface area (Å²) in [5, 5.41) is 5.73. The van der Waals surface area contributed by atoms with Crippen LogP contribution in [-0.4, -0.2) is 9.13 Å². The minimum Gasteiger partial charge on any atom is -0.343 e. The normalized spacial score (nSPS) is 12.3. The second-order valence-corrected chi connectivity index (χ2v) is 13.5. The van der Waals surface area contributed by atoms with Crippen LogP contribution in [0.4, 0.5) is 0 Å². The highest BCUT2D eigenvalue weighted by atomic mass is 15.0. The largest absolute Gasteiger partial charge is 0.343 e. The predicted molar refractivity (Wildman–Crippen MR) is 186 cm³/mol. The van der Waals surface area contributed by atoms with Gasteiger partial charge in [-0.15, -0.1) is 0 Å². The Balaban J connectivity index is 1.95. The molecule has 6 rings (SSSR count). The van der Waals surface area contributed by atoms with E-state index in [1.54, 1.807) is 0 Å². The molecule has 0 N–H and O–H groups in total. The van der Waals surface area contributed by atoms with Crippen molar-refractivity contribution in [2.24, 2.45) is 14.1 Å². The second-order valence-electron chi connectivity index (χ2n) is 13.5. The molecule has 0 unspecified atom stereocenters. The summed E-state index contributed by atoms with van der Waals surface area (Å²) >= 11 is 0. The third-order valence-corrected chi connectivity index (χ3v) is 12.0. The van der Waals surface area contributed by atoms with Crippen molar-refractivity contribution in [3.63, 3.8) is 0 Å². The number of benzene rings is 4. The molecule has 2 nitrogen and oxygen atoms in total. The number of aryl methyl sites for hydroxylation is 9. The van der Waals surface area contributed by atoms with Crippen LogP contribution in [0, 0.1) is 96.9 Å². The van der Waals surface area contributed by atoms with Gasteiger partial charge in [-0.2, -0.15) is 0 Å². The van der Waals surface area contributed by atoms with Crippen molar-refractivity contribution in [3.05, 3.63) is 77.9 Å². The Morgan fingerprint density at radius 2 is 0.500 bits per heavy atom. The molecule has 0 radical (unpaired) electrons. The van der Waals surface area contributed by atoms with Crippen LogP contribution in [0.2, 0.25) is 0 Å². The highest BCUT2D eigenvalue weighted by Gasteiger charge is 2.28. The molecule has 0 saturated carbocycles. The lowest BCUT2D eigenvalue weighted by Gasteiger charge is -2.22. The first-order valence-electron chi connectivity index (χ1n) is 15.5. The Kier molecular flexibility index (Phi) is 6.12. The molecule has 6 aromatic rings. The van der Waals surface area contributed by atoms with Crippen molar-refractivity contribution >= 4 is 43.6 Å². The zero-order valence-corrected chi connectivity index (χ0v) is 28.9. The van der Waals surface area contributed by atoms with Gasteiger partial charge in [0.2, 0.25) is 0 Å². The van der Waals surface area contributed by atoms with Crippen LogP contribution in [0.1, 0.15) is 77.9 Å². The lowest BCUT2D eigenvalue weighted by Crippen LogP contribution is -2.02. The molecule has 0 spiro atoms. The monoisotopic (exact) mass is 556 g/mol. The van der Waals surface area contributed by atoms with Crippen LogP contribution in [0.3, 0.4) is 0 Å². The summed E-state index contributed by atoms with van der Waals surface area (Å²) in [7, 11) is 4.57. The highest BCUT2D eigenvalue weighted by molar-refractivity contribution is 6.21. The van der Waals surface area contributed by atoms with Gasteiger partial charge in [-0.25, -0.2) is 0 Å². The first-order valence-corrected chi connectivity index (χ1v) is 15.5. The maximum Gasteiger partial charge on any atom is 0.0527 e. The van der Waals surface area contributed by atoms with E-state index < -0.39 is 0 Å². The Hall–Kier alpha value is -3.52. The van der Waals surface area contributed by atoms with E-state index in [0.717, 1.165) is 0 Å². The Morgan fingerprint density at radius 3 is 0.929 bits per heavy atom. The van der Waals surface area contributed by atoms with Gasteiger partial charge in [0.1, 0.15) is 0 Å². The van der Waals surface area contributed by atoms with Crippen LogP contribution >= 0.6 is 0 Å². The van der Waals surface area contributed by atoms with Gasteiger partial charge >= 0.3 is 0 Å². The van der Waals surface area contributed by atoms with Gasteiger partial charge in [0.05, 0.1) is 22.1 Å². The van der Waals surface area contributed by atoms with Gasteiger partial charge in [0.25, 0.3) is 0 Å². The first kappa shape index (κ1) is 28.6.